The van der Waals surface area contributed by atoms with Crippen LogP contribution in [0.5, 0.6) is 0 Å². The van der Waals surface area contributed by atoms with Crippen molar-refractivity contribution in [1.82, 2.24) is 8.61 Å². The molecule has 0 saturated carbocycles. The lowest BCUT2D eigenvalue weighted by molar-refractivity contribution is 0.459. The summed E-state index contributed by atoms with van der Waals surface area (Å²) < 4.78 is 51.9. The van der Waals surface area contributed by atoms with E-state index in [4.69, 9.17) is 5.73 Å². The molecule has 0 radical (unpaired) electrons. The van der Waals surface area contributed by atoms with E-state index in [-0.39, 0.29) is 28.1 Å². The monoisotopic (exact) mass is 383 g/mol. The Kier molecular flexibility index (Phi) is 6.59. The molecule has 1 fully saturated rings. The zero-order valence-corrected chi connectivity index (χ0v) is 15.5. The van der Waals surface area contributed by atoms with Crippen LogP contribution in [0.25, 0.3) is 0 Å². The summed E-state index contributed by atoms with van der Waals surface area (Å²) in [6.45, 7) is 1.24. The first kappa shape index (κ1) is 20.3. The van der Waals surface area contributed by atoms with Crippen LogP contribution < -0.4 is 5.73 Å². The van der Waals surface area contributed by atoms with Crippen LogP contribution in [0.1, 0.15) is 6.42 Å². The Labute approximate surface area is 144 Å². The van der Waals surface area contributed by atoms with Crippen molar-refractivity contribution in [3.63, 3.8) is 0 Å². The van der Waals surface area contributed by atoms with E-state index in [1.54, 1.807) is 0 Å². The van der Waals surface area contributed by atoms with Crippen molar-refractivity contribution in [3.8, 4) is 0 Å². The minimum Gasteiger partial charge on any atom is -0.330 e. The molecule has 2 N–H and O–H groups in total. The van der Waals surface area contributed by atoms with Crippen LogP contribution in [0.3, 0.4) is 0 Å². The van der Waals surface area contributed by atoms with Gasteiger partial charge in [0.1, 0.15) is 0 Å². The summed E-state index contributed by atoms with van der Waals surface area (Å²) in [6, 6.07) is 5.46. The highest BCUT2D eigenvalue weighted by Crippen LogP contribution is 2.25. The molecule has 1 heterocycles. The molecule has 7 nitrogen and oxygen atoms in total. The molecule has 1 saturated heterocycles. The zero-order chi connectivity index (χ0) is 16.5. The van der Waals surface area contributed by atoms with Gasteiger partial charge in [0.25, 0.3) is 0 Å². The number of sulfonamides is 2. The fourth-order valence-corrected chi connectivity index (χ4v) is 4.96. The van der Waals surface area contributed by atoms with Crippen LogP contribution in [0.2, 0.25) is 0 Å². The van der Waals surface area contributed by atoms with E-state index in [1.807, 2.05) is 0 Å². The van der Waals surface area contributed by atoms with Crippen LogP contribution in [0.15, 0.2) is 34.1 Å². The summed E-state index contributed by atoms with van der Waals surface area (Å²) in [4.78, 5) is -0.0405. The van der Waals surface area contributed by atoms with Gasteiger partial charge in [0.15, 0.2) is 0 Å². The van der Waals surface area contributed by atoms with Crippen molar-refractivity contribution in [2.24, 2.45) is 11.7 Å². The molecule has 1 aliphatic rings. The third-order valence-electron chi connectivity index (χ3n) is 3.80. The minimum atomic E-state index is -3.70. The summed E-state index contributed by atoms with van der Waals surface area (Å²) in [7, 11) is -4.55. The second-order valence-electron chi connectivity index (χ2n) is 5.52. The Morgan fingerprint density at radius 1 is 1.22 bits per heavy atom. The molecule has 1 unspecified atom stereocenters. The lowest BCUT2D eigenvalue weighted by atomic mass is 10.1. The van der Waals surface area contributed by atoms with E-state index < -0.39 is 20.0 Å². The van der Waals surface area contributed by atoms with Crippen molar-refractivity contribution >= 4 is 32.5 Å². The van der Waals surface area contributed by atoms with Crippen molar-refractivity contribution < 1.29 is 16.8 Å². The number of rotatable bonds is 5. The van der Waals surface area contributed by atoms with Crippen LogP contribution in [0, 0.1) is 5.92 Å². The number of hydrogen-bond acceptors (Lipinski definition) is 5. The molecule has 1 aromatic rings. The number of nitrogens with zero attached hydrogens (tertiary/aromatic N) is 2. The molecule has 2 rings (SSSR count). The maximum absolute atomic E-state index is 12.6. The van der Waals surface area contributed by atoms with Crippen LogP contribution >= 0.6 is 12.4 Å². The van der Waals surface area contributed by atoms with Crippen molar-refractivity contribution in [2.45, 2.75) is 16.2 Å². The van der Waals surface area contributed by atoms with Crippen LogP contribution in [-0.2, 0) is 20.0 Å². The van der Waals surface area contributed by atoms with Crippen molar-refractivity contribution in [1.29, 1.82) is 0 Å². The second-order valence-corrected chi connectivity index (χ2v) is 9.61. The predicted octanol–water partition coefficient (Wildman–Crippen LogP) is 0.328. The molecule has 23 heavy (non-hydrogen) atoms. The summed E-state index contributed by atoms with van der Waals surface area (Å²) in [6.07, 6.45) is 0.728. The SMILES string of the molecule is CN(C)S(=O)(=O)c1cccc(S(=O)(=O)N2CCC(CN)C2)c1.Cl. The highest BCUT2D eigenvalue weighted by atomic mass is 35.5. The first-order valence-electron chi connectivity index (χ1n) is 6.92. The van der Waals surface area contributed by atoms with Gasteiger partial charge in [0.05, 0.1) is 9.79 Å². The molecular formula is C13H22ClN3O4S2. The van der Waals surface area contributed by atoms with Crippen LogP contribution in [-0.4, -0.2) is 59.2 Å². The van der Waals surface area contributed by atoms with Gasteiger partial charge < -0.3 is 5.73 Å². The molecule has 132 valence electrons. The summed E-state index contributed by atoms with van der Waals surface area (Å²) in [5.41, 5.74) is 5.59. The molecule has 0 bridgehead atoms. The van der Waals surface area contributed by atoms with Gasteiger partial charge >= 0.3 is 0 Å². The fourth-order valence-electron chi connectivity index (χ4n) is 2.36. The lowest BCUT2D eigenvalue weighted by Crippen LogP contribution is -2.30. The molecule has 0 aromatic heterocycles. The summed E-state index contributed by atoms with van der Waals surface area (Å²) in [5.74, 6) is 0.156. The Morgan fingerprint density at radius 2 is 1.83 bits per heavy atom. The lowest BCUT2D eigenvalue weighted by Gasteiger charge is -2.17. The maximum Gasteiger partial charge on any atom is 0.243 e. The van der Waals surface area contributed by atoms with E-state index in [0.717, 1.165) is 10.7 Å². The topological polar surface area (TPSA) is 101 Å². The van der Waals surface area contributed by atoms with Crippen molar-refractivity contribution in [2.75, 3.05) is 33.7 Å². The zero-order valence-electron chi connectivity index (χ0n) is 13.0. The molecule has 0 amide bonds. The van der Waals surface area contributed by atoms with E-state index in [2.05, 4.69) is 0 Å². The van der Waals surface area contributed by atoms with Gasteiger partial charge in [0, 0.05) is 27.2 Å². The summed E-state index contributed by atoms with van der Waals surface area (Å²) >= 11 is 0. The average Bonchev–Trinajstić information content (AvgIpc) is 2.97. The van der Waals surface area contributed by atoms with Gasteiger partial charge in [-0.05, 0) is 37.1 Å². The molecule has 0 aliphatic carbocycles. The minimum absolute atomic E-state index is 0. The quantitative estimate of drug-likeness (QED) is 0.789. The molecular weight excluding hydrogens is 362 g/mol. The van der Waals surface area contributed by atoms with E-state index in [0.29, 0.717) is 19.6 Å². The van der Waals surface area contributed by atoms with Gasteiger partial charge in [-0.3, -0.25) is 0 Å². The smallest absolute Gasteiger partial charge is 0.243 e. The molecule has 1 aromatic carbocycles. The molecule has 10 heteroatoms. The molecule has 1 atom stereocenters. The maximum atomic E-state index is 12.6. The first-order chi connectivity index (χ1) is 10.2. The molecule has 1 aliphatic heterocycles. The van der Waals surface area contributed by atoms with Gasteiger partial charge in [0.2, 0.25) is 20.0 Å². The van der Waals surface area contributed by atoms with E-state index in [1.165, 1.54) is 42.7 Å². The third-order valence-corrected chi connectivity index (χ3v) is 7.48. The Morgan fingerprint density at radius 3 is 2.35 bits per heavy atom. The van der Waals surface area contributed by atoms with Gasteiger partial charge in [-0.1, -0.05) is 6.07 Å². The Bertz CT molecular complexity index is 750. The predicted molar refractivity (Wildman–Crippen MR) is 90.5 cm³/mol. The average molecular weight is 384 g/mol. The largest absolute Gasteiger partial charge is 0.330 e. The van der Waals surface area contributed by atoms with E-state index in [9.17, 15) is 16.8 Å². The second kappa shape index (κ2) is 7.45. The number of benzene rings is 1. The number of hydrogen-bond donors (Lipinski definition) is 1. The van der Waals surface area contributed by atoms with E-state index >= 15 is 0 Å². The number of nitrogens with two attached hydrogens (primary N) is 1. The van der Waals surface area contributed by atoms with Gasteiger partial charge in [-0.15, -0.1) is 12.4 Å². The van der Waals surface area contributed by atoms with Crippen molar-refractivity contribution in [3.05, 3.63) is 24.3 Å². The number of halogens is 1. The van der Waals surface area contributed by atoms with Gasteiger partial charge in [-0.25, -0.2) is 21.1 Å². The normalized spacial score (nSPS) is 19.7. The highest BCUT2D eigenvalue weighted by Gasteiger charge is 2.32. The van der Waals surface area contributed by atoms with Gasteiger partial charge in [-0.2, -0.15) is 4.31 Å². The Hall–Kier alpha value is -0.710. The first-order valence-corrected chi connectivity index (χ1v) is 9.80. The molecule has 0 spiro atoms. The highest BCUT2D eigenvalue weighted by molar-refractivity contribution is 7.90. The fraction of sp³-hybridized carbons (Fsp3) is 0.538. The summed E-state index contributed by atoms with van der Waals surface area (Å²) in [5, 5.41) is 0. The third kappa shape index (κ3) is 4.04. The standard InChI is InChI=1S/C13H21N3O4S2.ClH/c1-15(2)21(17,18)12-4-3-5-13(8-12)22(19,20)16-7-6-11(9-14)10-16;/h3-5,8,11H,6-7,9-10,14H2,1-2H3;1H. The Balaban J connectivity index is 0.00000264. The van der Waals surface area contributed by atoms with Crippen LogP contribution in [0.4, 0.5) is 0 Å².